The Bertz CT molecular complexity index is 1420. The van der Waals surface area contributed by atoms with Crippen molar-refractivity contribution in [2.75, 3.05) is 6.54 Å². The number of nitrogens with one attached hydrogen (secondary N) is 3. The van der Waals surface area contributed by atoms with Gasteiger partial charge in [0.1, 0.15) is 34.6 Å². The lowest BCUT2D eigenvalue weighted by atomic mass is 10.1. The first-order valence-electron chi connectivity index (χ1n) is 14.2. The highest BCUT2D eigenvalue weighted by molar-refractivity contribution is 6.04. The number of hydrogen-bond donors (Lipinski definition) is 4. The molecule has 0 bridgehead atoms. The van der Waals surface area contributed by atoms with E-state index in [9.17, 15) is 39.1 Å². The number of imide groups is 1. The average molecular weight is 643 g/mol. The normalized spacial score (nSPS) is 14.6. The van der Waals surface area contributed by atoms with Gasteiger partial charge in [-0.1, -0.05) is 12.1 Å². The second kappa shape index (κ2) is 16.0. The Balaban J connectivity index is 2.20. The number of carbonyl (C=O) groups is 6. The molecule has 1 fully saturated rings. The van der Waals surface area contributed by atoms with Gasteiger partial charge in [0.2, 0.25) is 5.96 Å². The molecule has 0 radical (unpaired) electrons. The summed E-state index contributed by atoms with van der Waals surface area (Å²) in [6, 6.07) is 5.93. The van der Waals surface area contributed by atoms with Crippen molar-refractivity contribution in [1.29, 1.82) is 5.26 Å². The molecule has 2 rings (SSSR count). The van der Waals surface area contributed by atoms with Crippen LogP contribution in [0.2, 0.25) is 0 Å². The highest BCUT2D eigenvalue weighted by atomic mass is 16.7. The fourth-order valence-corrected chi connectivity index (χ4v) is 3.58. The predicted octanol–water partition coefficient (Wildman–Crippen LogP) is 2.58. The van der Waals surface area contributed by atoms with Crippen LogP contribution in [-0.2, 0) is 33.5 Å². The number of nitriles is 1. The third-order valence-electron chi connectivity index (χ3n) is 5.52. The van der Waals surface area contributed by atoms with Crippen LogP contribution < -0.4 is 16.0 Å². The molecule has 248 valence electrons. The van der Waals surface area contributed by atoms with Crippen LogP contribution in [0, 0.1) is 11.3 Å². The van der Waals surface area contributed by atoms with Crippen LogP contribution in [0.5, 0.6) is 5.75 Å². The lowest BCUT2D eigenvalue weighted by molar-refractivity contribution is -0.199. The lowest BCUT2D eigenvalue weighted by Crippen LogP contribution is -2.47. The van der Waals surface area contributed by atoms with Gasteiger partial charge in [0, 0.05) is 19.4 Å². The van der Waals surface area contributed by atoms with Crippen LogP contribution in [0.15, 0.2) is 34.8 Å². The molecule has 1 aromatic rings. The van der Waals surface area contributed by atoms with Crippen molar-refractivity contribution < 1.29 is 48.2 Å². The molecule has 0 aliphatic carbocycles. The summed E-state index contributed by atoms with van der Waals surface area (Å²) in [4.78, 5) is 83.3. The van der Waals surface area contributed by atoms with Crippen molar-refractivity contribution in [3.05, 3.63) is 35.4 Å². The van der Waals surface area contributed by atoms with Gasteiger partial charge >= 0.3 is 18.2 Å². The number of alkyl carbamates (subject to hydrolysis) is 1. The van der Waals surface area contributed by atoms with E-state index >= 15 is 0 Å². The molecule has 4 N–H and O–H groups in total. The largest absolute Gasteiger partial charge is 0.508 e. The summed E-state index contributed by atoms with van der Waals surface area (Å²) in [6.07, 6.45) is -1.08. The second-order valence-corrected chi connectivity index (χ2v) is 11.9. The Kier molecular flexibility index (Phi) is 12.8. The fraction of sp³-hybridized carbons (Fsp3) is 0.467. The van der Waals surface area contributed by atoms with Gasteiger partial charge in [0.05, 0.1) is 0 Å². The van der Waals surface area contributed by atoms with E-state index in [1.54, 1.807) is 47.6 Å². The molecule has 46 heavy (non-hydrogen) atoms. The highest BCUT2D eigenvalue weighted by Gasteiger charge is 2.35. The summed E-state index contributed by atoms with van der Waals surface area (Å²) in [5.74, 6) is -3.90. The number of rotatable bonds is 9. The average Bonchev–Trinajstić information content (AvgIpc) is 3.24. The van der Waals surface area contributed by atoms with Crippen molar-refractivity contribution in [2.24, 2.45) is 4.99 Å². The molecule has 0 spiro atoms. The minimum Gasteiger partial charge on any atom is -0.508 e. The number of amides is 5. The minimum absolute atomic E-state index is 0.0249. The maximum absolute atomic E-state index is 13.0. The maximum atomic E-state index is 13.0. The summed E-state index contributed by atoms with van der Waals surface area (Å²) in [5.41, 5.74) is -1.71. The number of aliphatic imine (C=N–C) groups is 1. The number of phenolic OH excluding ortho intramolecular Hbond substituents is 1. The quantitative estimate of drug-likeness (QED) is 0.0761. The molecular formula is C30H38N6O10. The Hall–Kier alpha value is -5.46. The number of aromatic hydroxyl groups is 1. The molecule has 16 nitrogen and oxygen atoms in total. The first kappa shape index (κ1) is 36.7. The Morgan fingerprint density at radius 1 is 1.02 bits per heavy atom. The SMILES string of the molecule is CC(C)(C)OC(=O)N=C(NCCC[C@H](NC(=O)/C(C#N)=C/c1ccc(O)cc1)C(=O)ON1C(=O)CCC1=O)NC(=O)OC(C)(C)C. The summed E-state index contributed by atoms with van der Waals surface area (Å²) in [5, 5.41) is 26.8. The summed E-state index contributed by atoms with van der Waals surface area (Å²) in [6.45, 7) is 9.76. The van der Waals surface area contributed by atoms with Gasteiger partial charge in [-0.25, -0.2) is 14.4 Å². The zero-order chi connectivity index (χ0) is 34.7. The third-order valence-corrected chi connectivity index (χ3v) is 5.52. The Morgan fingerprint density at radius 3 is 2.15 bits per heavy atom. The fourth-order valence-electron chi connectivity index (χ4n) is 3.58. The van der Waals surface area contributed by atoms with Crippen molar-refractivity contribution >= 4 is 47.9 Å². The van der Waals surface area contributed by atoms with Crippen molar-refractivity contribution in [2.45, 2.75) is 84.5 Å². The van der Waals surface area contributed by atoms with Crippen LogP contribution >= 0.6 is 0 Å². The van der Waals surface area contributed by atoms with Crippen LogP contribution in [0.4, 0.5) is 9.59 Å². The van der Waals surface area contributed by atoms with Gasteiger partial charge in [-0.2, -0.15) is 5.26 Å². The number of ether oxygens (including phenoxy) is 2. The van der Waals surface area contributed by atoms with Gasteiger partial charge in [-0.15, -0.1) is 10.1 Å². The number of carbonyl (C=O) groups excluding carboxylic acids is 6. The van der Waals surface area contributed by atoms with Gasteiger partial charge in [0.25, 0.3) is 17.7 Å². The van der Waals surface area contributed by atoms with E-state index in [1.807, 2.05) is 0 Å². The molecular weight excluding hydrogens is 604 g/mol. The number of phenols is 1. The molecule has 1 saturated heterocycles. The zero-order valence-corrected chi connectivity index (χ0v) is 26.5. The zero-order valence-electron chi connectivity index (χ0n) is 26.5. The third kappa shape index (κ3) is 13.0. The number of guanidine groups is 1. The van der Waals surface area contributed by atoms with Crippen LogP contribution in [0.25, 0.3) is 6.08 Å². The number of hydrogen-bond acceptors (Lipinski definition) is 11. The highest BCUT2D eigenvalue weighted by Crippen LogP contribution is 2.16. The smallest absolute Gasteiger partial charge is 0.437 e. The lowest BCUT2D eigenvalue weighted by Gasteiger charge is -2.22. The molecule has 1 aliphatic rings. The van der Waals surface area contributed by atoms with Crippen LogP contribution in [0.1, 0.15) is 72.8 Å². The Morgan fingerprint density at radius 2 is 1.61 bits per heavy atom. The first-order valence-corrected chi connectivity index (χ1v) is 14.2. The van der Waals surface area contributed by atoms with Gasteiger partial charge in [-0.05, 0) is 78.2 Å². The maximum Gasteiger partial charge on any atom is 0.437 e. The summed E-state index contributed by atoms with van der Waals surface area (Å²) >= 11 is 0. The van der Waals surface area contributed by atoms with E-state index in [0.717, 1.165) is 0 Å². The molecule has 16 heteroatoms. The van der Waals surface area contributed by atoms with Crippen molar-refractivity contribution in [3.63, 3.8) is 0 Å². The number of nitrogens with zero attached hydrogens (tertiary/aromatic N) is 3. The molecule has 1 aliphatic heterocycles. The van der Waals surface area contributed by atoms with E-state index in [0.29, 0.717) is 10.6 Å². The molecule has 1 aromatic carbocycles. The molecule has 1 heterocycles. The van der Waals surface area contributed by atoms with E-state index in [-0.39, 0.29) is 49.5 Å². The predicted molar refractivity (Wildman–Crippen MR) is 161 cm³/mol. The van der Waals surface area contributed by atoms with Crippen LogP contribution in [0.3, 0.4) is 0 Å². The van der Waals surface area contributed by atoms with E-state index in [4.69, 9.17) is 14.3 Å². The first-order chi connectivity index (χ1) is 21.4. The summed E-state index contributed by atoms with van der Waals surface area (Å²) in [7, 11) is 0. The van der Waals surface area contributed by atoms with E-state index < -0.39 is 53.1 Å². The summed E-state index contributed by atoms with van der Waals surface area (Å²) < 4.78 is 10.4. The minimum atomic E-state index is -1.45. The topological polar surface area (TPSA) is 226 Å². The standard InChI is InChI=1S/C30H38N6O10/c1-29(2,3)44-27(42)34-26(35-28(43)45-30(4,5)6)32-15-7-8-21(25(41)46-36-22(38)13-14-23(36)39)33-24(40)19(17-31)16-18-9-11-20(37)12-10-18/h9-12,16,21,37H,7-8,13-15H2,1-6H3,(H,33,40)(H2,32,34,35,42,43)/b19-16+/t21-/m0/s1. The van der Waals surface area contributed by atoms with E-state index in [2.05, 4.69) is 20.9 Å². The molecule has 5 amide bonds. The molecule has 1 atom stereocenters. The number of hydroxylamine groups is 2. The Labute approximate surface area is 265 Å². The molecule has 0 unspecified atom stereocenters. The monoisotopic (exact) mass is 642 g/mol. The molecule has 0 aromatic heterocycles. The van der Waals surface area contributed by atoms with Gasteiger partial charge in [-0.3, -0.25) is 19.7 Å². The second-order valence-electron chi connectivity index (χ2n) is 11.9. The van der Waals surface area contributed by atoms with E-state index in [1.165, 1.54) is 30.3 Å². The van der Waals surface area contributed by atoms with Crippen molar-refractivity contribution in [3.8, 4) is 11.8 Å². The number of benzene rings is 1. The van der Waals surface area contributed by atoms with Crippen LogP contribution in [-0.4, -0.2) is 75.8 Å². The van der Waals surface area contributed by atoms with Gasteiger partial charge in [0.15, 0.2) is 0 Å². The van der Waals surface area contributed by atoms with Crippen molar-refractivity contribution in [1.82, 2.24) is 21.0 Å². The molecule has 0 saturated carbocycles. The van der Waals surface area contributed by atoms with Gasteiger partial charge < -0.3 is 30.1 Å².